The first-order valence-electron chi connectivity index (χ1n) is 12.9. The smallest absolute Gasteiger partial charge is 0.227 e. The van der Waals surface area contributed by atoms with Crippen LogP contribution in [-0.2, 0) is 9.36 Å². The fourth-order valence-corrected chi connectivity index (χ4v) is 9.40. The monoisotopic (exact) mass is 465 g/mol. The molecule has 0 spiro atoms. The first-order chi connectivity index (χ1) is 14.9. The molecule has 0 saturated heterocycles. The normalized spacial score (nSPS) is 42.2. The molecule has 4 rings (SSSR count). The van der Waals surface area contributed by atoms with Gasteiger partial charge in [0.2, 0.25) is 0 Å². The number of nitrogens with zero attached hydrogens (tertiary/aromatic N) is 1. The van der Waals surface area contributed by atoms with Crippen LogP contribution in [-0.4, -0.2) is 32.7 Å². The SMILES string of the molecule is CC(C)[N+](O)(C(=O)[C@H]1CC[C@H]2[C@@H]3CC[C@H]4CC([P+](=O)O)=CC[C@]4(C)[C@H]3CC[C@]12C)C(C)C. The van der Waals surface area contributed by atoms with Gasteiger partial charge in [0.1, 0.15) is 12.1 Å². The fourth-order valence-electron chi connectivity index (χ4n) is 8.78. The average molecular weight is 466 g/mol. The molecule has 0 aliphatic heterocycles. The predicted molar refractivity (Wildman–Crippen MR) is 126 cm³/mol. The number of allylic oxidation sites excluding steroid dienone is 2. The molecule has 6 heteroatoms. The van der Waals surface area contributed by atoms with Crippen LogP contribution in [0.2, 0.25) is 0 Å². The lowest BCUT2D eigenvalue weighted by Gasteiger charge is -2.59. The molecule has 4 aliphatic rings. The Bertz CT molecular complexity index is 815. The number of carbonyl (C=O) groups is 1. The van der Waals surface area contributed by atoms with Crippen LogP contribution in [0.15, 0.2) is 11.4 Å². The first-order valence-corrected chi connectivity index (χ1v) is 14.1. The van der Waals surface area contributed by atoms with E-state index in [1.54, 1.807) is 0 Å². The number of hydroxylamine groups is 3. The second-order valence-electron chi connectivity index (χ2n) is 12.5. The summed E-state index contributed by atoms with van der Waals surface area (Å²) in [5, 5.41) is 12.2. The molecule has 5 nitrogen and oxygen atoms in total. The van der Waals surface area contributed by atoms with Gasteiger partial charge in [-0.25, -0.2) is 10.0 Å². The van der Waals surface area contributed by atoms with Crippen LogP contribution >= 0.6 is 8.03 Å². The summed E-state index contributed by atoms with van der Waals surface area (Å²) in [4.78, 5) is 23.5. The van der Waals surface area contributed by atoms with Gasteiger partial charge in [-0.15, -0.1) is 4.65 Å². The molecule has 4 aliphatic carbocycles. The molecule has 3 saturated carbocycles. The third-order valence-corrected chi connectivity index (χ3v) is 11.6. The Morgan fingerprint density at radius 1 is 1.03 bits per heavy atom. The van der Waals surface area contributed by atoms with Crippen molar-refractivity contribution in [3.63, 3.8) is 0 Å². The van der Waals surface area contributed by atoms with Crippen molar-refractivity contribution in [3.05, 3.63) is 11.4 Å². The maximum Gasteiger partial charge on any atom is 0.541 e. The number of rotatable bonds is 4. The third-order valence-electron chi connectivity index (χ3n) is 10.8. The molecule has 0 aromatic heterocycles. The van der Waals surface area contributed by atoms with E-state index in [-0.39, 0.29) is 34.7 Å². The minimum absolute atomic E-state index is 0.0262. The highest BCUT2D eigenvalue weighted by Gasteiger charge is 2.64. The highest BCUT2D eigenvalue weighted by molar-refractivity contribution is 7.43. The summed E-state index contributed by atoms with van der Waals surface area (Å²) in [7, 11) is -2.20. The van der Waals surface area contributed by atoms with Crippen molar-refractivity contribution in [2.24, 2.45) is 40.4 Å². The van der Waals surface area contributed by atoms with E-state index in [0.717, 1.165) is 50.3 Å². The van der Waals surface area contributed by atoms with Gasteiger partial charge in [0.05, 0.1) is 5.92 Å². The lowest BCUT2D eigenvalue weighted by molar-refractivity contribution is -1.07. The minimum Gasteiger partial charge on any atom is -0.227 e. The van der Waals surface area contributed by atoms with Crippen molar-refractivity contribution in [3.8, 4) is 0 Å². The van der Waals surface area contributed by atoms with Crippen molar-refractivity contribution in [2.75, 3.05) is 0 Å². The topological polar surface area (TPSA) is 74.6 Å². The van der Waals surface area contributed by atoms with Gasteiger partial charge in [0.25, 0.3) is 0 Å². The maximum atomic E-state index is 13.8. The minimum atomic E-state index is -2.20. The number of hydrogen-bond donors (Lipinski definition) is 2. The molecule has 0 radical (unpaired) electrons. The van der Waals surface area contributed by atoms with E-state index >= 15 is 0 Å². The van der Waals surface area contributed by atoms with Crippen LogP contribution in [0.4, 0.5) is 0 Å². The van der Waals surface area contributed by atoms with Gasteiger partial charge in [-0.2, -0.15) is 4.89 Å². The van der Waals surface area contributed by atoms with Crippen molar-refractivity contribution in [1.82, 2.24) is 0 Å². The molecular formula is C26H44NO4P+2. The highest BCUT2D eigenvalue weighted by atomic mass is 31.1. The Balaban J connectivity index is 1.60. The van der Waals surface area contributed by atoms with Crippen molar-refractivity contribution >= 4 is 13.9 Å². The van der Waals surface area contributed by atoms with Crippen LogP contribution < -0.4 is 0 Å². The molecule has 0 aromatic rings. The molecule has 1 amide bonds. The van der Waals surface area contributed by atoms with E-state index in [4.69, 9.17) is 0 Å². The summed E-state index contributed by atoms with van der Waals surface area (Å²) in [5.74, 6) is 2.28. The molecule has 0 heterocycles. The first kappa shape index (κ1) is 24.5. The van der Waals surface area contributed by atoms with Gasteiger partial charge in [0, 0.05) is 6.42 Å². The molecule has 8 atom stereocenters. The van der Waals surface area contributed by atoms with Crippen molar-refractivity contribution in [1.29, 1.82) is 0 Å². The molecule has 180 valence electrons. The van der Waals surface area contributed by atoms with Crippen LogP contribution in [0.1, 0.15) is 92.9 Å². The van der Waals surface area contributed by atoms with Crippen molar-refractivity contribution < 1.29 is 24.1 Å². The average Bonchev–Trinajstić information content (AvgIpc) is 3.08. The van der Waals surface area contributed by atoms with E-state index in [1.165, 1.54) is 6.42 Å². The number of fused-ring (bicyclic) bond motifs is 5. The molecule has 1 unspecified atom stereocenters. The molecule has 3 fully saturated rings. The lowest BCUT2D eigenvalue weighted by atomic mass is 9.45. The van der Waals surface area contributed by atoms with Gasteiger partial charge >= 0.3 is 13.9 Å². The number of carbonyl (C=O) groups excluding carboxylic acids is 1. The zero-order valence-corrected chi connectivity index (χ0v) is 21.8. The Morgan fingerprint density at radius 2 is 1.66 bits per heavy atom. The van der Waals surface area contributed by atoms with E-state index < -0.39 is 12.7 Å². The van der Waals surface area contributed by atoms with Gasteiger partial charge in [0.15, 0.2) is 5.31 Å². The highest BCUT2D eigenvalue weighted by Crippen LogP contribution is 2.68. The molecule has 32 heavy (non-hydrogen) atoms. The predicted octanol–water partition coefficient (Wildman–Crippen LogP) is 6.42. The van der Waals surface area contributed by atoms with E-state index in [9.17, 15) is 19.5 Å². The van der Waals surface area contributed by atoms with E-state index in [1.807, 2.05) is 27.7 Å². The molecular weight excluding hydrogens is 421 g/mol. The Morgan fingerprint density at radius 3 is 2.25 bits per heavy atom. The zero-order valence-electron chi connectivity index (χ0n) is 20.9. The second kappa shape index (κ2) is 8.26. The molecule has 2 N–H and O–H groups in total. The zero-order chi connectivity index (χ0) is 23.6. The third kappa shape index (κ3) is 3.41. The lowest BCUT2D eigenvalue weighted by Crippen LogP contribution is -2.63. The number of hydrogen-bond acceptors (Lipinski definition) is 3. The van der Waals surface area contributed by atoms with Gasteiger partial charge in [-0.1, -0.05) is 13.8 Å². The van der Waals surface area contributed by atoms with Crippen LogP contribution in [0.3, 0.4) is 0 Å². The largest absolute Gasteiger partial charge is 0.541 e. The van der Waals surface area contributed by atoms with E-state index in [2.05, 4.69) is 19.9 Å². The van der Waals surface area contributed by atoms with Crippen LogP contribution in [0.5, 0.6) is 0 Å². The summed E-state index contributed by atoms with van der Waals surface area (Å²) >= 11 is 0. The summed E-state index contributed by atoms with van der Waals surface area (Å²) < 4.78 is 11.3. The molecule has 0 bridgehead atoms. The number of quaternary nitrogens is 1. The van der Waals surface area contributed by atoms with Crippen LogP contribution in [0.25, 0.3) is 0 Å². The second-order valence-corrected chi connectivity index (χ2v) is 13.6. The number of amides is 1. The van der Waals surface area contributed by atoms with E-state index in [0.29, 0.717) is 23.7 Å². The Hall–Kier alpha value is -0.610. The van der Waals surface area contributed by atoms with Gasteiger partial charge < -0.3 is 0 Å². The summed E-state index contributed by atoms with van der Waals surface area (Å²) in [6.45, 7) is 12.6. The Labute approximate surface area is 195 Å². The standard InChI is InChI=1S/C26H43NO4P/c1-16(2)27(29,17(3)4)24(28)23-10-9-21-20-8-7-18-15-19(32(30)31)11-13-25(18,5)22(20)12-14-26(21,23)6/h11,16-18,20-23,29H,7-10,12-15H2,1-6H3/q+1/p+1/t18-,20-,21-,22-,23+,25-,26-/m0/s1. The Kier molecular flexibility index (Phi) is 6.32. The van der Waals surface area contributed by atoms with Gasteiger partial charge in [-0.3, -0.25) is 0 Å². The van der Waals surface area contributed by atoms with Gasteiger partial charge in [-0.05, 0) is 118 Å². The fraction of sp³-hybridized carbons (Fsp3) is 0.885. The summed E-state index contributed by atoms with van der Waals surface area (Å²) in [6, 6.07) is -0.283. The summed E-state index contributed by atoms with van der Waals surface area (Å²) in [5.41, 5.74) is 0.176. The van der Waals surface area contributed by atoms with Crippen molar-refractivity contribution in [2.45, 2.75) is 105 Å². The quantitative estimate of drug-likeness (QED) is 0.217. The summed E-state index contributed by atoms with van der Waals surface area (Å²) in [6.07, 6.45) is 10.2. The maximum absolute atomic E-state index is 13.8. The molecule has 0 aromatic carbocycles. The van der Waals surface area contributed by atoms with Crippen LogP contribution in [0, 0.1) is 40.4 Å².